The molecule has 1 saturated heterocycles. The van der Waals surface area contributed by atoms with E-state index >= 15 is 0 Å². The molecule has 1 heterocycles. The zero-order valence-corrected chi connectivity index (χ0v) is 13.1. The van der Waals surface area contributed by atoms with E-state index in [-0.39, 0.29) is 24.4 Å². The van der Waals surface area contributed by atoms with Crippen LogP contribution in [0.5, 0.6) is 0 Å². The molecule has 0 aliphatic carbocycles. The molecule has 1 aliphatic heterocycles. The predicted octanol–water partition coefficient (Wildman–Crippen LogP) is 3.27. The van der Waals surface area contributed by atoms with Gasteiger partial charge < -0.3 is 15.5 Å². The number of carbonyl (C=O) groups is 2. The SMILES string of the molecule is O=C(Nc1cccc(Cl)c1)N[C@H]1CC(=O)N(c2ccccc2)C1. The Hall–Kier alpha value is -2.53. The van der Waals surface area contributed by atoms with Gasteiger partial charge in [-0.1, -0.05) is 35.9 Å². The van der Waals surface area contributed by atoms with Crippen molar-refractivity contribution >= 4 is 34.9 Å². The van der Waals surface area contributed by atoms with Crippen LogP contribution in [-0.2, 0) is 4.79 Å². The van der Waals surface area contributed by atoms with Crippen LogP contribution in [-0.4, -0.2) is 24.5 Å². The molecule has 2 aromatic carbocycles. The highest BCUT2D eigenvalue weighted by Crippen LogP contribution is 2.21. The van der Waals surface area contributed by atoms with E-state index in [4.69, 9.17) is 11.6 Å². The summed E-state index contributed by atoms with van der Waals surface area (Å²) >= 11 is 5.88. The highest BCUT2D eigenvalue weighted by atomic mass is 35.5. The average molecular weight is 330 g/mol. The number of urea groups is 1. The summed E-state index contributed by atoms with van der Waals surface area (Å²) in [6.45, 7) is 0.464. The summed E-state index contributed by atoms with van der Waals surface area (Å²) in [6, 6.07) is 15.8. The Bertz CT molecular complexity index is 721. The van der Waals surface area contributed by atoms with Crippen molar-refractivity contribution in [1.29, 1.82) is 0 Å². The van der Waals surface area contributed by atoms with E-state index in [0.29, 0.717) is 17.3 Å². The van der Waals surface area contributed by atoms with Crippen molar-refractivity contribution in [3.05, 3.63) is 59.6 Å². The van der Waals surface area contributed by atoms with E-state index in [9.17, 15) is 9.59 Å². The number of benzene rings is 2. The number of hydrogen-bond acceptors (Lipinski definition) is 2. The van der Waals surface area contributed by atoms with E-state index in [1.54, 1.807) is 29.2 Å². The number of amides is 3. The fourth-order valence-electron chi connectivity index (χ4n) is 2.58. The summed E-state index contributed by atoms with van der Waals surface area (Å²) in [6.07, 6.45) is 0.290. The van der Waals surface area contributed by atoms with Crippen molar-refractivity contribution in [2.75, 3.05) is 16.8 Å². The van der Waals surface area contributed by atoms with Crippen LogP contribution in [0.3, 0.4) is 0 Å². The van der Waals surface area contributed by atoms with Crippen LogP contribution in [0.25, 0.3) is 0 Å². The molecule has 2 N–H and O–H groups in total. The number of nitrogens with one attached hydrogen (secondary N) is 2. The van der Waals surface area contributed by atoms with Crippen molar-refractivity contribution < 1.29 is 9.59 Å². The Morgan fingerprint density at radius 2 is 1.91 bits per heavy atom. The van der Waals surface area contributed by atoms with Gasteiger partial charge in [-0.25, -0.2) is 4.79 Å². The maximum absolute atomic E-state index is 12.1. The smallest absolute Gasteiger partial charge is 0.319 e. The van der Waals surface area contributed by atoms with Gasteiger partial charge in [0, 0.05) is 29.4 Å². The minimum absolute atomic E-state index is 0.00394. The lowest BCUT2D eigenvalue weighted by molar-refractivity contribution is -0.117. The largest absolute Gasteiger partial charge is 0.333 e. The molecular formula is C17H16ClN3O2. The Morgan fingerprint density at radius 3 is 2.65 bits per heavy atom. The van der Waals surface area contributed by atoms with Gasteiger partial charge in [-0.15, -0.1) is 0 Å². The summed E-state index contributed by atoms with van der Waals surface area (Å²) < 4.78 is 0. The molecule has 1 aliphatic rings. The molecule has 0 radical (unpaired) electrons. The third-order valence-electron chi connectivity index (χ3n) is 3.61. The number of hydrogen-bond donors (Lipinski definition) is 2. The topological polar surface area (TPSA) is 61.4 Å². The van der Waals surface area contributed by atoms with Gasteiger partial charge in [0.25, 0.3) is 0 Å². The summed E-state index contributed by atoms with van der Waals surface area (Å²) in [4.78, 5) is 25.8. The van der Waals surface area contributed by atoms with Crippen molar-refractivity contribution in [2.45, 2.75) is 12.5 Å². The minimum atomic E-state index is -0.347. The van der Waals surface area contributed by atoms with Crippen LogP contribution >= 0.6 is 11.6 Å². The van der Waals surface area contributed by atoms with E-state index < -0.39 is 0 Å². The van der Waals surface area contributed by atoms with Crippen molar-refractivity contribution in [3.63, 3.8) is 0 Å². The molecule has 5 nitrogen and oxygen atoms in total. The van der Waals surface area contributed by atoms with Gasteiger partial charge >= 0.3 is 6.03 Å². The summed E-state index contributed by atoms with van der Waals surface area (Å²) in [5, 5.41) is 6.09. The molecule has 0 bridgehead atoms. The number of anilines is 2. The number of nitrogens with zero attached hydrogens (tertiary/aromatic N) is 1. The minimum Gasteiger partial charge on any atom is -0.333 e. The molecule has 3 rings (SSSR count). The zero-order valence-electron chi connectivity index (χ0n) is 12.3. The van der Waals surface area contributed by atoms with Crippen LogP contribution in [0.2, 0.25) is 5.02 Å². The Balaban J connectivity index is 1.59. The van der Waals surface area contributed by atoms with Gasteiger partial charge in [0.2, 0.25) is 5.91 Å². The molecule has 0 unspecified atom stereocenters. The van der Waals surface area contributed by atoms with E-state index in [1.807, 2.05) is 30.3 Å². The molecule has 1 atom stereocenters. The first kappa shape index (κ1) is 15.4. The number of rotatable bonds is 3. The molecule has 3 amide bonds. The lowest BCUT2D eigenvalue weighted by Crippen LogP contribution is -2.39. The number of carbonyl (C=O) groups excluding carboxylic acids is 2. The van der Waals surface area contributed by atoms with E-state index in [1.165, 1.54) is 0 Å². The molecule has 1 fully saturated rings. The Morgan fingerprint density at radius 1 is 1.13 bits per heavy atom. The zero-order chi connectivity index (χ0) is 16.2. The summed E-state index contributed by atoms with van der Waals surface area (Å²) in [5.74, 6) is 0.00394. The van der Waals surface area contributed by atoms with E-state index in [2.05, 4.69) is 10.6 Å². The molecule has 0 aromatic heterocycles. The van der Waals surface area contributed by atoms with Crippen molar-refractivity contribution in [3.8, 4) is 0 Å². The Kier molecular flexibility index (Phi) is 4.48. The maximum atomic E-state index is 12.1. The lowest BCUT2D eigenvalue weighted by atomic mass is 10.2. The first-order valence-electron chi connectivity index (χ1n) is 7.30. The summed E-state index contributed by atoms with van der Waals surface area (Å²) in [7, 11) is 0. The highest BCUT2D eigenvalue weighted by Gasteiger charge is 2.31. The van der Waals surface area contributed by atoms with Gasteiger partial charge in [0.15, 0.2) is 0 Å². The van der Waals surface area contributed by atoms with Crippen LogP contribution in [0.4, 0.5) is 16.2 Å². The quantitative estimate of drug-likeness (QED) is 0.908. The van der Waals surface area contributed by atoms with Crippen LogP contribution < -0.4 is 15.5 Å². The van der Waals surface area contributed by atoms with Gasteiger partial charge in [0.05, 0.1) is 6.04 Å². The second-order valence-electron chi connectivity index (χ2n) is 5.35. The molecule has 0 saturated carbocycles. The average Bonchev–Trinajstić information content (AvgIpc) is 2.88. The molecule has 118 valence electrons. The highest BCUT2D eigenvalue weighted by molar-refractivity contribution is 6.30. The first-order valence-corrected chi connectivity index (χ1v) is 7.68. The third kappa shape index (κ3) is 3.81. The fraction of sp³-hybridized carbons (Fsp3) is 0.176. The molecule has 6 heteroatoms. The molecule has 2 aromatic rings. The van der Waals surface area contributed by atoms with Gasteiger partial charge in [-0.05, 0) is 30.3 Å². The first-order chi connectivity index (χ1) is 11.1. The normalized spacial score (nSPS) is 17.2. The third-order valence-corrected chi connectivity index (χ3v) is 3.85. The molecular weight excluding hydrogens is 314 g/mol. The Labute approximate surface area is 139 Å². The lowest BCUT2D eigenvalue weighted by Gasteiger charge is -2.17. The van der Waals surface area contributed by atoms with Crippen molar-refractivity contribution in [2.24, 2.45) is 0 Å². The van der Waals surface area contributed by atoms with Gasteiger partial charge in [-0.3, -0.25) is 4.79 Å². The maximum Gasteiger partial charge on any atom is 0.319 e. The van der Waals surface area contributed by atoms with E-state index in [0.717, 1.165) is 5.69 Å². The van der Waals surface area contributed by atoms with Crippen LogP contribution in [0.15, 0.2) is 54.6 Å². The second-order valence-corrected chi connectivity index (χ2v) is 5.79. The fourth-order valence-corrected chi connectivity index (χ4v) is 2.77. The van der Waals surface area contributed by atoms with Crippen molar-refractivity contribution in [1.82, 2.24) is 5.32 Å². The molecule has 23 heavy (non-hydrogen) atoms. The predicted molar refractivity (Wildman–Crippen MR) is 90.8 cm³/mol. The monoisotopic (exact) mass is 329 g/mol. The van der Waals surface area contributed by atoms with Gasteiger partial charge in [-0.2, -0.15) is 0 Å². The van der Waals surface area contributed by atoms with Gasteiger partial charge in [0.1, 0.15) is 0 Å². The second kappa shape index (κ2) is 6.71. The number of halogens is 1. The standard InChI is InChI=1S/C17H16ClN3O2/c18-12-5-4-6-13(9-12)19-17(23)20-14-10-16(22)21(11-14)15-7-2-1-3-8-15/h1-9,14H,10-11H2,(H2,19,20,23)/t14-/m0/s1. The van der Waals surface area contributed by atoms with Crippen LogP contribution in [0, 0.1) is 0 Å². The van der Waals surface area contributed by atoms with Crippen LogP contribution in [0.1, 0.15) is 6.42 Å². The number of para-hydroxylation sites is 1. The molecule has 0 spiro atoms. The summed E-state index contributed by atoms with van der Waals surface area (Å²) in [5.41, 5.74) is 1.45.